The van der Waals surface area contributed by atoms with Crippen LogP contribution in [0.4, 0.5) is 15.8 Å². The first-order valence-electron chi connectivity index (χ1n) is 12.2. The van der Waals surface area contributed by atoms with E-state index in [1.54, 1.807) is 13.2 Å². The number of anilines is 2. The van der Waals surface area contributed by atoms with Crippen molar-refractivity contribution in [1.82, 2.24) is 0 Å². The van der Waals surface area contributed by atoms with E-state index in [9.17, 15) is 14.3 Å². The minimum atomic E-state index is -0.755. The van der Waals surface area contributed by atoms with Crippen LogP contribution >= 0.6 is 0 Å². The predicted molar refractivity (Wildman–Crippen MR) is 132 cm³/mol. The second-order valence-corrected chi connectivity index (χ2v) is 9.51. The van der Waals surface area contributed by atoms with E-state index >= 15 is 0 Å². The molecule has 0 bridgehead atoms. The Morgan fingerprint density at radius 2 is 1.88 bits per heavy atom. The number of nitrogens with zero attached hydrogens (tertiary/aromatic N) is 2. The summed E-state index contributed by atoms with van der Waals surface area (Å²) in [6.07, 6.45) is 3.48. The van der Waals surface area contributed by atoms with E-state index in [2.05, 4.69) is 16.7 Å². The molecule has 0 unspecified atom stereocenters. The van der Waals surface area contributed by atoms with Gasteiger partial charge in [-0.15, -0.1) is 0 Å². The smallest absolute Gasteiger partial charge is 0.305 e. The van der Waals surface area contributed by atoms with Crippen molar-refractivity contribution in [3.8, 4) is 11.5 Å². The van der Waals surface area contributed by atoms with Gasteiger partial charge in [0.1, 0.15) is 23.4 Å². The Balaban J connectivity index is 1.35. The van der Waals surface area contributed by atoms with Crippen molar-refractivity contribution in [2.45, 2.75) is 58.1 Å². The maximum Gasteiger partial charge on any atom is 0.305 e. The zero-order valence-electron chi connectivity index (χ0n) is 20.3. The number of piperidine rings is 1. The van der Waals surface area contributed by atoms with Gasteiger partial charge in [-0.3, -0.25) is 4.79 Å². The first-order valence-corrected chi connectivity index (χ1v) is 12.2. The molecule has 0 aliphatic carbocycles. The van der Waals surface area contributed by atoms with Gasteiger partial charge in [-0.2, -0.15) is 0 Å². The lowest BCUT2D eigenvalue weighted by Gasteiger charge is -2.34. The summed E-state index contributed by atoms with van der Waals surface area (Å²) in [5.41, 5.74) is 2.51. The van der Waals surface area contributed by atoms with E-state index in [0.717, 1.165) is 68.1 Å². The fourth-order valence-corrected chi connectivity index (χ4v) is 5.28. The number of carboxylic acids is 1. The largest absolute Gasteiger partial charge is 0.496 e. The highest BCUT2D eigenvalue weighted by Crippen LogP contribution is 2.34. The number of carbonyl (C=O) groups is 1. The van der Waals surface area contributed by atoms with Crippen molar-refractivity contribution in [2.24, 2.45) is 5.92 Å². The molecule has 0 amide bonds. The Morgan fingerprint density at radius 1 is 1.18 bits per heavy atom. The summed E-state index contributed by atoms with van der Waals surface area (Å²) < 4.78 is 26.4. The van der Waals surface area contributed by atoms with Gasteiger partial charge in [0, 0.05) is 50.3 Å². The molecule has 2 saturated heterocycles. The summed E-state index contributed by atoms with van der Waals surface area (Å²) in [6, 6.07) is 11.4. The molecule has 0 aromatic heterocycles. The van der Waals surface area contributed by atoms with E-state index < -0.39 is 5.97 Å². The van der Waals surface area contributed by atoms with Gasteiger partial charge in [0.05, 0.1) is 19.2 Å². The highest BCUT2D eigenvalue weighted by Gasteiger charge is 2.31. The van der Waals surface area contributed by atoms with Gasteiger partial charge in [0.25, 0.3) is 0 Å². The van der Waals surface area contributed by atoms with Gasteiger partial charge >= 0.3 is 5.97 Å². The number of rotatable bonds is 8. The summed E-state index contributed by atoms with van der Waals surface area (Å²) in [5, 5.41) is 9.23. The van der Waals surface area contributed by atoms with Crippen molar-refractivity contribution >= 4 is 17.3 Å². The molecular weight excluding hydrogens is 435 g/mol. The topological polar surface area (TPSA) is 62.2 Å². The molecule has 34 heavy (non-hydrogen) atoms. The first kappa shape index (κ1) is 24.2. The van der Waals surface area contributed by atoms with E-state index in [4.69, 9.17) is 9.47 Å². The second-order valence-electron chi connectivity index (χ2n) is 9.51. The minimum Gasteiger partial charge on any atom is -0.496 e. The lowest BCUT2D eigenvalue weighted by atomic mass is 10.0. The van der Waals surface area contributed by atoms with Crippen molar-refractivity contribution in [1.29, 1.82) is 0 Å². The molecule has 2 aromatic carbocycles. The molecular formula is C27H35FN2O4. The number of hydrogen-bond acceptors (Lipinski definition) is 5. The van der Waals surface area contributed by atoms with Gasteiger partial charge in [-0.1, -0.05) is 13.8 Å². The van der Waals surface area contributed by atoms with E-state index in [1.807, 2.05) is 37.3 Å². The summed E-state index contributed by atoms with van der Waals surface area (Å²) in [6.45, 7) is 6.47. The predicted octanol–water partition coefficient (Wildman–Crippen LogP) is 5.13. The molecule has 2 heterocycles. The van der Waals surface area contributed by atoms with Crippen molar-refractivity contribution in [2.75, 3.05) is 36.5 Å². The van der Waals surface area contributed by atoms with Crippen molar-refractivity contribution in [3.63, 3.8) is 0 Å². The Labute approximate surface area is 201 Å². The fourth-order valence-electron chi connectivity index (χ4n) is 5.28. The lowest BCUT2D eigenvalue weighted by molar-refractivity contribution is -0.137. The first-order chi connectivity index (χ1) is 16.4. The molecule has 0 radical (unpaired) electrons. The molecule has 6 nitrogen and oxygen atoms in total. The summed E-state index contributed by atoms with van der Waals surface area (Å²) in [5.74, 6) is 1.06. The monoisotopic (exact) mass is 470 g/mol. The van der Waals surface area contributed by atoms with E-state index in [0.29, 0.717) is 11.6 Å². The standard InChI is InChI=1S/C27H35FN2O4/c1-4-19-14-24(28)25(16-26(19)33-3)29-11-9-23(10-12-29)34-22-7-5-20(6-8-22)30-17-18(2)13-21(30)15-27(31)32/h5-8,14,16,18,21,23H,4,9-13,15,17H2,1-3H3,(H,31,32)/t18-,21-/m1/s1. The molecule has 2 atom stereocenters. The van der Waals surface area contributed by atoms with Crippen LogP contribution in [0.1, 0.15) is 45.1 Å². The normalized spacial score (nSPS) is 21.1. The molecule has 0 saturated carbocycles. The Hall–Kier alpha value is -2.96. The molecule has 4 rings (SSSR count). The Morgan fingerprint density at radius 3 is 2.50 bits per heavy atom. The van der Waals surface area contributed by atoms with Gasteiger partial charge in [0.15, 0.2) is 0 Å². The molecule has 184 valence electrons. The lowest BCUT2D eigenvalue weighted by Crippen LogP contribution is -2.38. The van der Waals surface area contributed by atoms with Crippen LogP contribution in [0.3, 0.4) is 0 Å². The Kier molecular flexibility index (Phi) is 7.49. The number of hydrogen-bond donors (Lipinski definition) is 1. The third-order valence-electron chi connectivity index (χ3n) is 7.02. The van der Waals surface area contributed by atoms with Gasteiger partial charge in [-0.05, 0) is 54.7 Å². The molecule has 2 aliphatic rings. The van der Waals surface area contributed by atoms with Crippen LogP contribution in [0.15, 0.2) is 36.4 Å². The molecule has 1 N–H and O–H groups in total. The molecule has 2 fully saturated rings. The quantitative estimate of drug-likeness (QED) is 0.577. The molecule has 0 spiro atoms. The summed E-state index contributed by atoms with van der Waals surface area (Å²) >= 11 is 0. The van der Waals surface area contributed by atoms with Crippen LogP contribution in [-0.4, -0.2) is 50.0 Å². The number of carboxylic acid groups (broad SMARTS) is 1. The minimum absolute atomic E-state index is 0.0361. The molecule has 2 aromatic rings. The summed E-state index contributed by atoms with van der Waals surface area (Å²) in [4.78, 5) is 15.5. The number of benzene rings is 2. The van der Waals surface area contributed by atoms with E-state index in [1.165, 1.54) is 0 Å². The van der Waals surface area contributed by atoms with Crippen LogP contribution in [0.25, 0.3) is 0 Å². The van der Waals surface area contributed by atoms with Crippen LogP contribution in [0.5, 0.6) is 11.5 Å². The molecule has 2 aliphatic heterocycles. The zero-order chi connectivity index (χ0) is 24.2. The van der Waals surface area contributed by atoms with Crippen LogP contribution in [0.2, 0.25) is 0 Å². The third kappa shape index (κ3) is 5.40. The number of ether oxygens (including phenoxy) is 2. The van der Waals surface area contributed by atoms with E-state index in [-0.39, 0.29) is 24.4 Å². The number of halogens is 1. The maximum atomic E-state index is 14.7. The molecule has 7 heteroatoms. The van der Waals surface area contributed by atoms with Gasteiger partial charge in [0.2, 0.25) is 0 Å². The zero-order valence-corrected chi connectivity index (χ0v) is 20.3. The highest BCUT2D eigenvalue weighted by atomic mass is 19.1. The van der Waals surface area contributed by atoms with Crippen molar-refractivity contribution < 1.29 is 23.8 Å². The van der Waals surface area contributed by atoms with Gasteiger partial charge < -0.3 is 24.4 Å². The average molecular weight is 471 g/mol. The van der Waals surface area contributed by atoms with Crippen molar-refractivity contribution in [3.05, 3.63) is 47.8 Å². The fraction of sp³-hybridized carbons (Fsp3) is 0.519. The maximum absolute atomic E-state index is 14.7. The summed E-state index contributed by atoms with van der Waals surface area (Å²) in [7, 11) is 1.62. The number of aryl methyl sites for hydroxylation is 1. The second kappa shape index (κ2) is 10.5. The third-order valence-corrected chi connectivity index (χ3v) is 7.02. The van der Waals surface area contributed by atoms with Crippen LogP contribution in [0, 0.1) is 11.7 Å². The van der Waals surface area contributed by atoms with Crippen LogP contribution in [-0.2, 0) is 11.2 Å². The van der Waals surface area contributed by atoms with Gasteiger partial charge in [-0.25, -0.2) is 4.39 Å². The number of methoxy groups -OCH3 is 1. The number of aliphatic carboxylic acids is 1. The van der Waals surface area contributed by atoms with Crippen LogP contribution < -0.4 is 19.3 Å². The highest BCUT2D eigenvalue weighted by molar-refractivity contribution is 5.69. The SMILES string of the molecule is CCc1cc(F)c(N2CCC(Oc3ccc(N4C[C@H](C)C[C@@H]4CC(=O)O)cc3)CC2)cc1OC. The Bertz CT molecular complexity index is 989. The average Bonchev–Trinajstić information content (AvgIpc) is 3.19.